The number of nitrogen functional groups attached to an aromatic ring is 1. The van der Waals surface area contributed by atoms with Gasteiger partial charge >= 0.3 is 0 Å². The van der Waals surface area contributed by atoms with Gasteiger partial charge in [0.25, 0.3) is 0 Å². The second kappa shape index (κ2) is 6.55. The molecule has 6 nitrogen and oxygen atoms in total. The van der Waals surface area contributed by atoms with Crippen molar-refractivity contribution < 1.29 is 0 Å². The lowest BCUT2D eigenvalue weighted by molar-refractivity contribution is 0.495. The number of aryl methyl sites for hydroxylation is 1. The van der Waals surface area contributed by atoms with Gasteiger partial charge in [-0.3, -0.25) is 5.10 Å². The fraction of sp³-hybridized carbons (Fsp3) is 0.316. The minimum absolute atomic E-state index is 0.373. The molecule has 128 valence electrons. The highest BCUT2D eigenvalue weighted by atomic mass is 15.3. The molecule has 1 saturated heterocycles. The van der Waals surface area contributed by atoms with Crippen LogP contribution in [-0.2, 0) is 0 Å². The van der Waals surface area contributed by atoms with Crippen LogP contribution in [-0.4, -0.2) is 33.3 Å². The zero-order valence-corrected chi connectivity index (χ0v) is 14.3. The van der Waals surface area contributed by atoms with Crippen LogP contribution in [0.3, 0.4) is 0 Å². The Balaban J connectivity index is 1.60. The van der Waals surface area contributed by atoms with Gasteiger partial charge in [-0.25, -0.2) is 4.98 Å². The van der Waals surface area contributed by atoms with E-state index in [-0.39, 0.29) is 0 Å². The van der Waals surface area contributed by atoms with Gasteiger partial charge in [0.1, 0.15) is 5.82 Å². The summed E-state index contributed by atoms with van der Waals surface area (Å²) >= 11 is 0. The van der Waals surface area contributed by atoms with Gasteiger partial charge in [-0.1, -0.05) is 29.8 Å². The molecule has 3 aromatic rings. The highest BCUT2D eigenvalue weighted by molar-refractivity contribution is 5.66. The summed E-state index contributed by atoms with van der Waals surface area (Å²) < 4.78 is 0. The Kier molecular flexibility index (Phi) is 4.09. The molecule has 6 heteroatoms. The molecule has 2 aromatic heterocycles. The maximum absolute atomic E-state index is 5.81. The van der Waals surface area contributed by atoms with Crippen molar-refractivity contribution in [2.75, 3.05) is 23.7 Å². The van der Waals surface area contributed by atoms with Gasteiger partial charge in [0, 0.05) is 36.5 Å². The fourth-order valence-electron chi connectivity index (χ4n) is 3.48. The molecule has 0 spiro atoms. The molecular weight excluding hydrogens is 312 g/mol. The van der Waals surface area contributed by atoms with Crippen LogP contribution >= 0.6 is 0 Å². The fourth-order valence-corrected chi connectivity index (χ4v) is 3.48. The third-order valence-electron chi connectivity index (χ3n) is 4.81. The van der Waals surface area contributed by atoms with Crippen LogP contribution in [0.5, 0.6) is 0 Å². The standard InChI is InChI=1S/C19H22N6/c1-13-4-6-14(7-5-13)16-11-22-24-18(16)15-3-2-10-25(12-15)19-21-9-8-17(20)23-19/h4-9,11,15H,2-3,10,12H2,1H3,(H,22,24)(H2,20,21,23)/t15-/m1/s1. The molecule has 1 aromatic carbocycles. The molecular formula is C19H22N6. The number of anilines is 2. The van der Waals surface area contributed by atoms with E-state index in [0.717, 1.165) is 25.9 Å². The first-order valence-corrected chi connectivity index (χ1v) is 8.64. The summed E-state index contributed by atoms with van der Waals surface area (Å²) in [6.45, 7) is 3.92. The minimum atomic E-state index is 0.373. The van der Waals surface area contributed by atoms with Crippen LogP contribution in [0.15, 0.2) is 42.7 Å². The van der Waals surface area contributed by atoms with Crippen LogP contribution in [0.4, 0.5) is 11.8 Å². The molecule has 0 aliphatic carbocycles. The van der Waals surface area contributed by atoms with Crippen LogP contribution in [0.25, 0.3) is 11.1 Å². The normalized spacial score (nSPS) is 17.6. The molecule has 0 unspecified atom stereocenters. The molecule has 3 N–H and O–H groups in total. The minimum Gasteiger partial charge on any atom is -0.384 e. The molecule has 4 rings (SSSR count). The molecule has 0 radical (unpaired) electrons. The Morgan fingerprint density at radius 2 is 2.04 bits per heavy atom. The average Bonchev–Trinajstić information content (AvgIpc) is 3.12. The summed E-state index contributed by atoms with van der Waals surface area (Å²) in [6, 6.07) is 10.3. The van der Waals surface area contributed by atoms with Crippen molar-refractivity contribution in [2.24, 2.45) is 0 Å². The van der Waals surface area contributed by atoms with E-state index >= 15 is 0 Å². The topological polar surface area (TPSA) is 83.7 Å². The van der Waals surface area contributed by atoms with E-state index in [2.05, 4.69) is 56.3 Å². The van der Waals surface area contributed by atoms with Crippen molar-refractivity contribution in [1.29, 1.82) is 0 Å². The number of nitrogens with zero attached hydrogens (tertiary/aromatic N) is 4. The lowest BCUT2D eigenvalue weighted by Gasteiger charge is -2.32. The summed E-state index contributed by atoms with van der Waals surface area (Å²) in [5.74, 6) is 1.59. The van der Waals surface area contributed by atoms with Crippen LogP contribution in [0.2, 0.25) is 0 Å². The summed E-state index contributed by atoms with van der Waals surface area (Å²) in [5.41, 5.74) is 10.6. The summed E-state index contributed by atoms with van der Waals surface area (Å²) in [5, 5.41) is 7.54. The molecule has 1 fully saturated rings. The zero-order chi connectivity index (χ0) is 17.2. The van der Waals surface area contributed by atoms with E-state index in [0.29, 0.717) is 17.7 Å². The summed E-state index contributed by atoms with van der Waals surface area (Å²) in [6.07, 6.45) is 5.86. The zero-order valence-electron chi connectivity index (χ0n) is 14.3. The Bertz CT molecular complexity index is 854. The predicted molar refractivity (Wildman–Crippen MR) is 99.4 cm³/mol. The van der Waals surface area contributed by atoms with Crippen molar-refractivity contribution in [3.8, 4) is 11.1 Å². The second-order valence-corrected chi connectivity index (χ2v) is 6.63. The lowest BCUT2D eigenvalue weighted by atomic mass is 9.90. The molecule has 3 heterocycles. The SMILES string of the molecule is Cc1ccc(-c2cn[nH]c2[C@@H]2CCCN(c3nccc(N)n3)C2)cc1. The van der Waals surface area contributed by atoms with E-state index in [4.69, 9.17) is 5.73 Å². The number of piperidine rings is 1. The lowest BCUT2D eigenvalue weighted by Crippen LogP contribution is -2.36. The number of benzene rings is 1. The van der Waals surface area contributed by atoms with Crippen LogP contribution in [0, 0.1) is 6.92 Å². The van der Waals surface area contributed by atoms with Crippen molar-refractivity contribution in [1.82, 2.24) is 20.2 Å². The molecule has 25 heavy (non-hydrogen) atoms. The highest BCUT2D eigenvalue weighted by Gasteiger charge is 2.26. The maximum Gasteiger partial charge on any atom is 0.227 e. The molecule has 0 saturated carbocycles. The Labute approximate surface area is 147 Å². The highest BCUT2D eigenvalue weighted by Crippen LogP contribution is 2.34. The molecule has 0 amide bonds. The third kappa shape index (κ3) is 3.20. The third-order valence-corrected chi connectivity index (χ3v) is 4.81. The van der Waals surface area contributed by atoms with E-state index in [1.54, 1.807) is 12.3 Å². The number of hydrogen-bond acceptors (Lipinski definition) is 5. The van der Waals surface area contributed by atoms with E-state index in [1.165, 1.54) is 22.4 Å². The van der Waals surface area contributed by atoms with Crippen molar-refractivity contribution in [3.05, 3.63) is 54.0 Å². The van der Waals surface area contributed by atoms with Gasteiger partial charge in [0.2, 0.25) is 5.95 Å². The Morgan fingerprint density at radius 3 is 2.84 bits per heavy atom. The quantitative estimate of drug-likeness (QED) is 0.769. The Morgan fingerprint density at radius 1 is 1.20 bits per heavy atom. The largest absolute Gasteiger partial charge is 0.384 e. The number of aromatic nitrogens is 4. The van der Waals surface area contributed by atoms with Crippen LogP contribution in [0.1, 0.15) is 30.0 Å². The monoisotopic (exact) mass is 334 g/mol. The maximum atomic E-state index is 5.81. The number of nitrogens with one attached hydrogen (secondary N) is 1. The molecule has 1 aliphatic rings. The van der Waals surface area contributed by atoms with Gasteiger partial charge < -0.3 is 10.6 Å². The van der Waals surface area contributed by atoms with Gasteiger partial charge in [-0.2, -0.15) is 10.1 Å². The average molecular weight is 334 g/mol. The molecule has 1 atom stereocenters. The van der Waals surface area contributed by atoms with Crippen LogP contribution < -0.4 is 10.6 Å². The van der Waals surface area contributed by atoms with Gasteiger partial charge in [0.15, 0.2) is 0 Å². The number of rotatable bonds is 3. The molecule has 0 bridgehead atoms. The first kappa shape index (κ1) is 15.6. The van der Waals surface area contributed by atoms with E-state index < -0.39 is 0 Å². The van der Waals surface area contributed by atoms with Gasteiger partial charge in [-0.05, 0) is 31.4 Å². The number of hydrogen-bond donors (Lipinski definition) is 2. The smallest absolute Gasteiger partial charge is 0.227 e. The van der Waals surface area contributed by atoms with E-state index in [1.807, 2.05) is 6.20 Å². The first-order chi connectivity index (χ1) is 12.2. The summed E-state index contributed by atoms with van der Waals surface area (Å²) in [4.78, 5) is 11.0. The number of nitrogens with two attached hydrogens (primary N) is 1. The van der Waals surface area contributed by atoms with Crippen molar-refractivity contribution in [3.63, 3.8) is 0 Å². The predicted octanol–water partition coefficient (Wildman–Crippen LogP) is 3.14. The summed E-state index contributed by atoms with van der Waals surface area (Å²) in [7, 11) is 0. The van der Waals surface area contributed by atoms with Gasteiger partial charge in [-0.15, -0.1) is 0 Å². The number of H-pyrrole nitrogens is 1. The second-order valence-electron chi connectivity index (χ2n) is 6.63. The van der Waals surface area contributed by atoms with Gasteiger partial charge in [0.05, 0.1) is 6.20 Å². The van der Waals surface area contributed by atoms with Crippen molar-refractivity contribution >= 4 is 11.8 Å². The first-order valence-electron chi connectivity index (χ1n) is 8.64. The Hall–Kier alpha value is -2.89. The van der Waals surface area contributed by atoms with E-state index in [9.17, 15) is 0 Å². The molecule has 1 aliphatic heterocycles. The number of aromatic amines is 1. The van der Waals surface area contributed by atoms with Crippen molar-refractivity contribution in [2.45, 2.75) is 25.7 Å².